The fourth-order valence-electron chi connectivity index (χ4n) is 2.37. The van der Waals surface area contributed by atoms with Crippen molar-refractivity contribution in [2.45, 2.75) is 26.8 Å². The van der Waals surface area contributed by atoms with E-state index in [1.54, 1.807) is 25.1 Å². The van der Waals surface area contributed by atoms with E-state index in [9.17, 15) is 20.0 Å². The van der Waals surface area contributed by atoms with Crippen molar-refractivity contribution in [2.75, 3.05) is 11.9 Å². The fourth-order valence-corrected chi connectivity index (χ4v) is 2.37. The number of hydrogen-bond acceptors (Lipinski definition) is 6. The lowest BCUT2D eigenvalue weighted by Crippen LogP contribution is -2.08. The lowest BCUT2D eigenvalue weighted by atomic mass is 10.0. The molecule has 0 saturated carbocycles. The summed E-state index contributed by atoms with van der Waals surface area (Å²) in [6.45, 7) is 4.23. The van der Waals surface area contributed by atoms with Crippen LogP contribution in [0, 0.1) is 10.1 Å². The molecule has 7 nitrogen and oxygen atoms in total. The Morgan fingerprint density at radius 3 is 2.48 bits per heavy atom. The normalized spacial score (nSPS) is 10.3. The Balaban J connectivity index is 2.19. The molecule has 2 aromatic rings. The predicted octanol–water partition coefficient (Wildman–Crippen LogP) is 3.65. The smallest absolute Gasteiger partial charge is 0.341 e. The van der Waals surface area contributed by atoms with Gasteiger partial charge in [0.15, 0.2) is 0 Å². The van der Waals surface area contributed by atoms with E-state index in [0.29, 0.717) is 24.2 Å². The fraction of sp³-hybridized carbons (Fsp3) is 0.278. The molecular weight excluding hydrogens is 324 g/mol. The van der Waals surface area contributed by atoms with E-state index >= 15 is 0 Å². The summed E-state index contributed by atoms with van der Waals surface area (Å²) in [5.41, 5.74) is 2.31. The van der Waals surface area contributed by atoms with E-state index in [4.69, 9.17) is 4.74 Å². The van der Waals surface area contributed by atoms with Crippen molar-refractivity contribution in [1.82, 2.24) is 0 Å². The first-order valence-corrected chi connectivity index (χ1v) is 7.96. The summed E-state index contributed by atoms with van der Waals surface area (Å²) in [4.78, 5) is 22.2. The Morgan fingerprint density at radius 2 is 1.92 bits per heavy atom. The number of anilines is 1. The summed E-state index contributed by atoms with van der Waals surface area (Å²) in [6, 6.07) is 9.52. The molecule has 0 radical (unpaired) electrons. The number of nitro benzene ring substituents is 1. The van der Waals surface area contributed by atoms with Gasteiger partial charge in [0.2, 0.25) is 0 Å². The van der Waals surface area contributed by atoms with Crippen LogP contribution in [0.4, 0.5) is 11.4 Å². The third-order valence-corrected chi connectivity index (χ3v) is 3.71. The molecule has 0 heterocycles. The van der Waals surface area contributed by atoms with Crippen molar-refractivity contribution in [2.24, 2.45) is 0 Å². The topological polar surface area (TPSA) is 102 Å². The van der Waals surface area contributed by atoms with E-state index in [-0.39, 0.29) is 23.6 Å². The number of carbonyl (C=O) groups is 1. The van der Waals surface area contributed by atoms with Crippen molar-refractivity contribution in [3.05, 3.63) is 63.2 Å². The lowest BCUT2D eigenvalue weighted by molar-refractivity contribution is -0.384. The number of ether oxygens (including phenoxy) is 1. The number of carbonyl (C=O) groups excluding carboxylic acids is 1. The number of phenolic OH excluding ortho intramolecular Hbond substituents is 1. The number of nitro groups is 1. The van der Waals surface area contributed by atoms with Crippen LogP contribution in [-0.4, -0.2) is 22.6 Å². The maximum Gasteiger partial charge on any atom is 0.341 e. The van der Waals surface area contributed by atoms with Gasteiger partial charge in [-0.2, -0.15) is 0 Å². The van der Waals surface area contributed by atoms with E-state index < -0.39 is 10.9 Å². The number of benzene rings is 2. The molecule has 7 heteroatoms. The second kappa shape index (κ2) is 8.14. The van der Waals surface area contributed by atoms with Crippen molar-refractivity contribution in [1.29, 1.82) is 0 Å². The Hall–Kier alpha value is -3.09. The van der Waals surface area contributed by atoms with Crippen LogP contribution in [0.25, 0.3) is 0 Å². The third kappa shape index (κ3) is 4.47. The number of rotatable bonds is 7. The molecule has 0 saturated heterocycles. The number of esters is 1. The van der Waals surface area contributed by atoms with Gasteiger partial charge in [0, 0.05) is 24.4 Å². The molecule has 0 aliphatic carbocycles. The zero-order valence-corrected chi connectivity index (χ0v) is 14.1. The summed E-state index contributed by atoms with van der Waals surface area (Å²) >= 11 is 0. The average Bonchev–Trinajstić information content (AvgIpc) is 2.61. The van der Waals surface area contributed by atoms with Crippen LogP contribution in [-0.2, 0) is 17.7 Å². The molecule has 2 N–H and O–H groups in total. The minimum absolute atomic E-state index is 0.0336. The molecule has 0 aromatic heterocycles. The highest BCUT2D eigenvalue weighted by molar-refractivity contribution is 5.94. The summed E-state index contributed by atoms with van der Waals surface area (Å²) in [6.07, 6.45) is 0.561. The van der Waals surface area contributed by atoms with Crippen molar-refractivity contribution in [3.63, 3.8) is 0 Å². The average molecular weight is 344 g/mol. The summed E-state index contributed by atoms with van der Waals surface area (Å²) in [5, 5.41) is 24.0. The van der Waals surface area contributed by atoms with E-state index in [1.165, 1.54) is 18.2 Å². The number of aryl methyl sites for hydroxylation is 1. The molecule has 0 amide bonds. The van der Waals surface area contributed by atoms with Crippen molar-refractivity contribution >= 4 is 17.3 Å². The summed E-state index contributed by atoms with van der Waals surface area (Å²) in [5.74, 6) is -0.643. The maximum absolute atomic E-state index is 12.0. The highest BCUT2D eigenvalue weighted by Gasteiger charge is 2.16. The monoisotopic (exact) mass is 344 g/mol. The van der Waals surface area contributed by atoms with Crippen LogP contribution >= 0.6 is 0 Å². The minimum atomic E-state index is -0.575. The molecule has 2 aromatic carbocycles. The van der Waals surface area contributed by atoms with Gasteiger partial charge < -0.3 is 15.2 Å². The SMILES string of the molecule is CCOC(=O)c1cc(NCc2ccc([N+](=O)[O-])cc2)cc(CC)c1O. The quantitative estimate of drug-likeness (QED) is 0.344. The maximum atomic E-state index is 12.0. The number of phenols is 1. The molecule has 0 aliphatic rings. The molecule has 2 rings (SSSR count). The summed E-state index contributed by atoms with van der Waals surface area (Å²) < 4.78 is 4.97. The highest BCUT2D eigenvalue weighted by Crippen LogP contribution is 2.29. The molecule has 0 spiro atoms. The van der Waals surface area contributed by atoms with Crippen LogP contribution in [0.15, 0.2) is 36.4 Å². The van der Waals surface area contributed by atoms with Crippen LogP contribution in [0.1, 0.15) is 35.3 Å². The Kier molecular flexibility index (Phi) is 5.94. The zero-order chi connectivity index (χ0) is 18.4. The molecular formula is C18H20N2O5. The van der Waals surface area contributed by atoms with Gasteiger partial charge in [0.25, 0.3) is 5.69 Å². The van der Waals surface area contributed by atoms with E-state index in [2.05, 4.69) is 5.32 Å². The molecule has 0 fully saturated rings. The second-order valence-corrected chi connectivity index (χ2v) is 5.38. The predicted molar refractivity (Wildman–Crippen MR) is 93.9 cm³/mol. The number of nitrogens with zero attached hydrogens (tertiary/aromatic N) is 1. The first-order chi connectivity index (χ1) is 12.0. The number of non-ortho nitro benzene ring substituents is 1. The molecule has 0 unspecified atom stereocenters. The largest absolute Gasteiger partial charge is 0.507 e. The van der Waals surface area contributed by atoms with Gasteiger partial charge >= 0.3 is 5.97 Å². The zero-order valence-electron chi connectivity index (χ0n) is 14.1. The third-order valence-electron chi connectivity index (χ3n) is 3.71. The van der Waals surface area contributed by atoms with Gasteiger partial charge in [-0.25, -0.2) is 4.79 Å². The Labute approximate surface area is 145 Å². The van der Waals surface area contributed by atoms with Gasteiger partial charge in [0.1, 0.15) is 11.3 Å². The molecule has 0 atom stereocenters. The minimum Gasteiger partial charge on any atom is -0.507 e. The highest BCUT2D eigenvalue weighted by atomic mass is 16.6. The number of nitrogens with one attached hydrogen (secondary N) is 1. The second-order valence-electron chi connectivity index (χ2n) is 5.38. The van der Waals surface area contributed by atoms with Crippen LogP contribution in [0.5, 0.6) is 5.75 Å². The first-order valence-electron chi connectivity index (χ1n) is 7.96. The van der Waals surface area contributed by atoms with Gasteiger partial charge in [-0.05, 0) is 36.6 Å². The van der Waals surface area contributed by atoms with Crippen LogP contribution < -0.4 is 5.32 Å². The standard InChI is InChI=1S/C18H20N2O5/c1-3-13-9-14(10-16(17(13)21)18(22)25-4-2)19-11-12-5-7-15(8-6-12)20(23)24/h5-10,19,21H,3-4,11H2,1-2H3. The molecule has 132 valence electrons. The van der Waals surface area contributed by atoms with Gasteiger partial charge in [-0.3, -0.25) is 10.1 Å². The lowest BCUT2D eigenvalue weighted by Gasteiger charge is -2.13. The summed E-state index contributed by atoms with van der Waals surface area (Å²) in [7, 11) is 0. The van der Waals surface area contributed by atoms with Crippen LogP contribution in [0.3, 0.4) is 0 Å². The van der Waals surface area contributed by atoms with Crippen molar-refractivity contribution < 1.29 is 19.6 Å². The molecule has 0 bridgehead atoms. The van der Waals surface area contributed by atoms with E-state index in [0.717, 1.165) is 5.56 Å². The molecule has 0 aliphatic heterocycles. The van der Waals surface area contributed by atoms with E-state index in [1.807, 2.05) is 6.92 Å². The number of hydrogen-bond donors (Lipinski definition) is 2. The molecule has 25 heavy (non-hydrogen) atoms. The van der Waals surface area contributed by atoms with Gasteiger partial charge in [-0.15, -0.1) is 0 Å². The Morgan fingerprint density at radius 1 is 1.24 bits per heavy atom. The van der Waals surface area contributed by atoms with Crippen molar-refractivity contribution in [3.8, 4) is 5.75 Å². The van der Waals surface area contributed by atoms with Gasteiger partial charge in [0.05, 0.1) is 11.5 Å². The van der Waals surface area contributed by atoms with Crippen LogP contribution in [0.2, 0.25) is 0 Å². The first kappa shape index (κ1) is 18.3. The Bertz CT molecular complexity index is 772. The number of aromatic hydroxyl groups is 1. The van der Waals surface area contributed by atoms with Gasteiger partial charge in [-0.1, -0.05) is 19.1 Å².